The Bertz CT molecular complexity index is 941. The van der Waals surface area contributed by atoms with Crippen LogP contribution in [-0.2, 0) is 15.1 Å². The minimum absolute atomic E-state index is 0.274. The van der Waals surface area contributed by atoms with Crippen LogP contribution in [0.2, 0.25) is 0 Å². The van der Waals surface area contributed by atoms with Crippen LogP contribution in [0, 0.1) is 5.82 Å². The summed E-state index contributed by atoms with van der Waals surface area (Å²) < 4.78 is 25.7. The molecule has 4 nitrogen and oxygen atoms in total. The normalized spacial score (nSPS) is 17.2. The molecule has 1 aromatic heterocycles. The van der Waals surface area contributed by atoms with E-state index in [4.69, 9.17) is 9.47 Å². The lowest BCUT2D eigenvalue weighted by Gasteiger charge is -2.36. The SMILES string of the molecule is COC1(c2cc(F)cc(Sc3ccc(C(O)c4nccs4)cc3)c2)CCOCC1. The molecule has 4 rings (SSSR count). The molecule has 1 fully saturated rings. The Morgan fingerprint density at radius 2 is 1.93 bits per heavy atom. The van der Waals surface area contributed by atoms with Gasteiger partial charge < -0.3 is 14.6 Å². The van der Waals surface area contributed by atoms with Crippen molar-refractivity contribution in [2.45, 2.75) is 34.3 Å². The number of rotatable bonds is 6. The van der Waals surface area contributed by atoms with Gasteiger partial charge in [-0.25, -0.2) is 9.37 Å². The Hall–Kier alpha value is -1.77. The molecule has 1 atom stereocenters. The lowest BCUT2D eigenvalue weighted by atomic mass is 9.86. The molecule has 1 saturated heterocycles. The zero-order chi connectivity index (χ0) is 20.3. The van der Waals surface area contributed by atoms with Gasteiger partial charge in [-0.3, -0.25) is 0 Å². The van der Waals surface area contributed by atoms with Crippen LogP contribution in [0.15, 0.2) is 63.8 Å². The minimum atomic E-state index is -0.732. The molecule has 0 bridgehead atoms. The number of methoxy groups -OCH3 is 1. The molecule has 7 heteroatoms. The molecule has 0 radical (unpaired) electrons. The van der Waals surface area contributed by atoms with Gasteiger partial charge in [-0.1, -0.05) is 23.9 Å². The van der Waals surface area contributed by atoms with Crippen molar-refractivity contribution in [3.63, 3.8) is 0 Å². The monoisotopic (exact) mass is 431 g/mol. The molecule has 2 aromatic carbocycles. The highest BCUT2D eigenvalue weighted by Crippen LogP contribution is 2.39. The first-order valence-electron chi connectivity index (χ1n) is 9.39. The minimum Gasteiger partial charge on any atom is -0.381 e. The molecule has 1 aliphatic heterocycles. The van der Waals surface area contributed by atoms with E-state index in [2.05, 4.69) is 4.98 Å². The molecule has 2 heterocycles. The molecule has 152 valence electrons. The van der Waals surface area contributed by atoms with E-state index in [0.29, 0.717) is 31.1 Å². The van der Waals surface area contributed by atoms with Gasteiger partial charge in [-0.05, 0) is 41.5 Å². The third-order valence-corrected chi connectivity index (χ3v) is 7.01. The number of hydrogen-bond donors (Lipinski definition) is 1. The fourth-order valence-electron chi connectivity index (χ4n) is 3.56. The lowest BCUT2D eigenvalue weighted by Crippen LogP contribution is -2.35. The molecule has 0 amide bonds. The van der Waals surface area contributed by atoms with Crippen molar-refractivity contribution >= 4 is 23.1 Å². The maximum Gasteiger partial charge on any atom is 0.131 e. The number of aliphatic hydroxyl groups excluding tert-OH is 1. The molecule has 1 aliphatic rings. The van der Waals surface area contributed by atoms with Crippen molar-refractivity contribution in [3.8, 4) is 0 Å². The molecule has 1 unspecified atom stereocenters. The van der Waals surface area contributed by atoms with Crippen molar-refractivity contribution in [1.29, 1.82) is 0 Å². The molecule has 0 spiro atoms. The highest BCUT2D eigenvalue weighted by Gasteiger charge is 2.35. The van der Waals surface area contributed by atoms with Crippen molar-refractivity contribution in [2.24, 2.45) is 0 Å². The predicted molar refractivity (Wildman–Crippen MR) is 112 cm³/mol. The summed E-state index contributed by atoms with van der Waals surface area (Å²) in [6.07, 6.45) is 2.37. The fraction of sp³-hybridized carbons (Fsp3) is 0.318. The third-order valence-electron chi connectivity index (χ3n) is 5.21. The maximum absolute atomic E-state index is 14.4. The van der Waals surface area contributed by atoms with Gasteiger partial charge in [0.1, 0.15) is 16.9 Å². The topological polar surface area (TPSA) is 51.6 Å². The summed E-state index contributed by atoms with van der Waals surface area (Å²) in [5.41, 5.74) is 1.13. The van der Waals surface area contributed by atoms with Gasteiger partial charge in [0.05, 0.1) is 5.60 Å². The fourth-order valence-corrected chi connectivity index (χ4v) is 5.11. The van der Waals surface area contributed by atoms with Crippen molar-refractivity contribution in [2.75, 3.05) is 20.3 Å². The average Bonchev–Trinajstić information content (AvgIpc) is 3.29. The average molecular weight is 432 g/mol. The van der Waals surface area contributed by atoms with Crippen LogP contribution in [0.1, 0.15) is 35.1 Å². The second kappa shape index (κ2) is 8.93. The van der Waals surface area contributed by atoms with Crippen LogP contribution >= 0.6 is 23.1 Å². The first-order valence-corrected chi connectivity index (χ1v) is 11.1. The zero-order valence-corrected chi connectivity index (χ0v) is 17.6. The first kappa shape index (κ1) is 20.5. The summed E-state index contributed by atoms with van der Waals surface area (Å²) in [4.78, 5) is 5.95. The largest absolute Gasteiger partial charge is 0.381 e. The molecule has 0 aliphatic carbocycles. The van der Waals surface area contributed by atoms with E-state index < -0.39 is 11.7 Å². The number of ether oxygens (including phenoxy) is 2. The van der Waals surface area contributed by atoms with Gasteiger partial charge in [0.2, 0.25) is 0 Å². The second-order valence-corrected chi connectivity index (χ2v) is 9.00. The number of thiazole rings is 1. The zero-order valence-electron chi connectivity index (χ0n) is 16.0. The van der Waals surface area contributed by atoms with Crippen LogP contribution in [0.25, 0.3) is 0 Å². The van der Waals surface area contributed by atoms with E-state index in [9.17, 15) is 9.50 Å². The summed E-state index contributed by atoms with van der Waals surface area (Å²) in [5.74, 6) is -0.274. The van der Waals surface area contributed by atoms with Crippen LogP contribution in [0.4, 0.5) is 4.39 Å². The number of halogens is 1. The number of aliphatic hydroxyl groups is 1. The molecule has 3 aromatic rings. The smallest absolute Gasteiger partial charge is 0.131 e. The Balaban J connectivity index is 1.54. The maximum atomic E-state index is 14.4. The second-order valence-electron chi connectivity index (χ2n) is 6.93. The molecule has 0 saturated carbocycles. The van der Waals surface area contributed by atoms with Crippen molar-refractivity contribution in [1.82, 2.24) is 4.98 Å². The first-order chi connectivity index (χ1) is 14.1. The quantitative estimate of drug-likeness (QED) is 0.584. The summed E-state index contributed by atoms with van der Waals surface area (Å²) in [6.45, 7) is 1.21. The number of nitrogens with zero attached hydrogens (tertiary/aromatic N) is 1. The van der Waals surface area contributed by atoms with E-state index in [0.717, 1.165) is 20.9 Å². The van der Waals surface area contributed by atoms with E-state index >= 15 is 0 Å². The Labute approximate surface area is 177 Å². The van der Waals surface area contributed by atoms with Crippen molar-refractivity contribution < 1.29 is 19.0 Å². The van der Waals surface area contributed by atoms with Crippen LogP contribution < -0.4 is 0 Å². The van der Waals surface area contributed by atoms with Crippen LogP contribution in [-0.4, -0.2) is 30.4 Å². The number of hydrogen-bond acceptors (Lipinski definition) is 6. The third kappa shape index (κ3) is 4.54. The highest BCUT2D eigenvalue weighted by molar-refractivity contribution is 7.99. The molecular formula is C22H22FNO3S2. The lowest BCUT2D eigenvalue weighted by molar-refractivity contribution is -0.0950. The van der Waals surface area contributed by atoms with E-state index in [1.807, 2.05) is 35.7 Å². The van der Waals surface area contributed by atoms with Crippen molar-refractivity contribution in [3.05, 3.63) is 76.0 Å². The highest BCUT2D eigenvalue weighted by atomic mass is 32.2. The Morgan fingerprint density at radius 1 is 1.17 bits per heavy atom. The van der Waals surface area contributed by atoms with E-state index in [1.54, 1.807) is 19.4 Å². The van der Waals surface area contributed by atoms with Gasteiger partial charge >= 0.3 is 0 Å². The predicted octanol–water partition coefficient (Wildman–Crippen LogP) is 5.17. The number of benzene rings is 2. The van der Waals surface area contributed by atoms with E-state index in [1.165, 1.54) is 29.2 Å². The Morgan fingerprint density at radius 3 is 2.59 bits per heavy atom. The molecular weight excluding hydrogens is 409 g/mol. The van der Waals surface area contributed by atoms with Crippen LogP contribution in [0.5, 0.6) is 0 Å². The summed E-state index contributed by atoms with van der Waals surface area (Å²) in [6, 6.07) is 12.7. The summed E-state index contributed by atoms with van der Waals surface area (Å²) >= 11 is 2.91. The number of aromatic nitrogens is 1. The van der Waals surface area contributed by atoms with Gasteiger partial charge in [0.25, 0.3) is 0 Å². The van der Waals surface area contributed by atoms with Crippen LogP contribution in [0.3, 0.4) is 0 Å². The molecule has 1 N–H and O–H groups in total. The summed E-state index contributed by atoms with van der Waals surface area (Å²) in [5, 5.41) is 12.9. The standard InChI is InChI=1S/C22H22FNO3S2/c1-26-22(6-9-27-10-7-22)16-12-17(23)14-19(13-16)29-18-4-2-15(3-5-18)20(25)21-24-8-11-28-21/h2-5,8,11-14,20,25H,6-7,9-10H2,1H3. The van der Waals surface area contributed by atoms with E-state index in [-0.39, 0.29) is 5.82 Å². The van der Waals surface area contributed by atoms with Gasteiger partial charge in [-0.2, -0.15) is 0 Å². The molecule has 29 heavy (non-hydrogen) atoms. The van der Waals surface area contributed by atoms with Gasteiger partial charge in [-0.15, -0.1) is 11.3 Å². The van der Waals surface area contributed by atoms with Gasteiger partial charge in [0, 0.05) is 54.5 Å². The van der Waals surface area contributed by atoms with Gasteiger partial charge in [0.15, 0.2) is 0 Å². The Kier molecular flexibility index (Phi) is 6.32. The summed E-state index contributed by atoms with van der Waals surface area (Å²) in [7, 11) is 1.68.